The lowest BCUT2D eigenvalue weighted by Gasteiger charge is -2.11. The molecule has 2 heterocycles. The molecule has 6 nitrogen and oxygen atoms in total. The van der Waals surface area contributed by atoms with Gasteiger partial charge < -0.3 is 18.8 Å². The molecule has 0 fully saturated rings. The van der Waals surface area contributed by atoms with E-state index in [0.717, 1.165) is 22.2 Å². The molecule has 0 saturated heterocycles. The van der Waals surface area contributed by atoms with Crippen LogP contribution in [0.5, 0.6) is 11.5 Å². The number of aryl methyl sites for hydroxylation is 1. The first-order valence-corrected chi connectivity index (χ1v) is 10.4. The number of benzene rings is 3. The molecule has 0 radical (unpaired) electrons. The van der Waals surface area contributed by atoms with Crippen molar-refractivity contribution in [1.82, 2.24) is 4.57 Å². The van der Waals surface area contributed by atoms with E-state index in [9.17, 15) is 9.59 Å². The van der Waals surface area contributed by atoms with Gasteiger partial charge in [0.15, 0.2) is 18.1 Å². The second kappa shape index (κ2) is 8.23. The van der Waals surface area contributed by atoms with E-state index in [4.69, 9.17) is 14.2 Å². The number of carbonyl (C=O) groups excluding carboxylic acids is 2. The summed E-state index contributed by atoms with van der Waals surface area (Å²) in [5, 5.41) is 0.845. The van der Waals surface area contributed by atoms with Gasteiger partial charge in [-0.2, -0.15) is 0 Å². The monoisotopic (exact) mass is 427 g/mol. The van der Waals surface area contributed by atoms with Crippen molar-refractivity contribution in [3.63, 3.8) is 0 Å². The third-order valence-electron chi connectivity index (χ3n) is 5.56. The van der Waals surface area contributed by atoms with Crippen LogP contribution in [0, 0.1) is 0 Å². The van der Waals surface area contributed by atoms with Gasteiger partial charge >= 0.3 is 5.97 Å². The number of nitrogens with zero attached hydrogens (tertiary/aromatic N) is 1. The molecule has 0 bridgehead atoms. The highest BCUT2D eigenvalue weighted by atomic mass is 16.7. The van der Waals surface area contributed by atoms with Gasteiger partial charge in [0.05, 0.1) is 16.8 Å². The number of hydrogen-bond acceptors (Lipinski definition) is 5. The van der Waals surface area contributed by atoms with Crippen molar-refractivity contribution in [1.29, 1.82) is 0 Å². The summed E-state index contributed by atoms with van der Waals surface area (Å²) in [6.45, 7) is 2.52. The molecule has 1 aliphatic heterocycles. The van der Waals surface area contributed by atoms with Crippen LogP contribution in [-0.4, -0.2) is 29.7 Å². The van der Waals surface area contributed by atoms with E-state index in [1.807, 2.05) is 61.5 Å². The molecule has 0 saturated carbocycles. The van der Waals surface area contributed by atoms with Crippen molar-refractivity contribution in [2.45, 2.75) is 13.5 Å². The summed E-state index contributed by atoms with van der Waals surface area (Å²) in [6, 6.07) is 22.4. The molecule has 1 aromatic heterocycles. The third kappa shape index (κ3) is 3.39. The van der Waals surface area contributed by atoms with Crippen molar-refractivity contribution in [2.75, 3.05) is 13.4 Å². The first kappa shape index (κ1) is 19.9. The number of fused-ring (bicyclic) bond motifs is 2. The molecule has 1 aliphatic rings. The number of ether oxygens (including phenoxy) is 3. The average molecular weight is 427 g/mol. The highest BCUT2D eigenvalue weighted by Crippen LogP contribution is 2.35. The topological polar surface area (TPSA) is 66.8 Å². The Bertz CT molecular complexity index is 1320. The number of para-hydroxylation sites is 1. The molecule has 5 rings (SSSR count). The molecule has 3 aromatic carbocycles. The van der Waals surface area contributed by atoms with Crippen LogP contribution in [-0.2, 0) is 11.3 Å². The van der Waals surface area contributed by atoms with Crippen molar-refractivity contribution in [3.05, 3.63) is 83.9 Å². The van der Waals surface area contributed by atoms with Gasteiger partial charge in [0.25, 0.3) is 0 Å². The molecule has 0 aliphatic carbocycles. The molecular weight excluding hydrogens is 406 g/mol. The normalized spacial score (nSPS) is 12.2. The molecule has 0 amide bonds. The van der Waals surface area contributed by atoms with E-state index < -0.39 is 5.97 Å². The summed E-state index contributed by atoms with van der Waals surface area (Å²) in [5.74, 6) is 0.235. The standard InChI is InChI=1S/C26H21NO5/c1-2-27-20-11-7-6-10-19(20)24(25(27)17-8-4-3-5-9-17)21(28)15-30-26(29)18-12-13-22-23(14-18)32-16-31-22/h3-14H,2,15-16H2,1H3. The van der Waals surface area contributed by atoms with Gasteiger partial charge in [0, 0.05) is 17.4 Å². The van der Waals surface area contributed by atoms with Crippen LogP contribution in [0.15, 0.2) is 72.8 Å². The maximum Gasteiger partial charge on any atom is 0.338 e. The Morgan fingerprint density at radius 3 is 2.50 bits per heavy atom. The predicted molar refractivity (Wildman–Crippen MR) is 120 cm³/mol. The van der Waals surface area contributed by atoms with Crippen LogP contribution >= 0.6 is 0 Å². The molecular formula is C26H21NO5. The molecule has 0 atom stereocenters. The van der Waals surface area contributed by atoms with Gasteiger partial charge in [-0.15, -0.1) is 0 Å². The van der Waals surface area contributed by atoms with Gasteiger partial charge in [0.2, 0.25) is 12.6 Å². The fourth-order valence-corrected chi connectivity index (χ4v) is 4.12. The highest BCUT2D eigenvalue weighted by molar-refractivity contribution is 6.14. The molecule has 32 heavy (non-hydrogen) atoms. The van der Waals surface area contributed by atoms with Gasteiger partial charge in [-0.3, -0.25) is 4.79 Å². The average Bonchev–Trinajstić information content (AvgIpc) is 3.44. The lowest BCUT2D eigenvalue weighted by atomic mass is 10.0. The van der Waals surface area contributed by atoms with Crippen LogP contribution in [0.4, 0.5) is 0 Å². The molecule has 4 aromatic rings. The Morgan fingerprint density at radius 2 is 1.69 bits per heavy atom. The number of esters is 1. The minimum absolute atomic E-state index is 0.121. The summed E-state index contributed by atoms with van der Waals surface area (Å²) in [7, 11) is 0. The van der Waals surface area contributed by atoms with Crippen molar-refractivity contribution in [3.8, 4) is 22.8 Å². The maximum absolute atomic E-state index is 13.4. The molecule has 0 spiro atoms. The SMILES string of the molecule is CCn1c(-c2ccccc2)c(C(=O)COC(=O)c2ccc3c(c2)OCO3)c2ccccc21. The Morgan fingerprint density at radius 1 is 0.938 bits per heavy atom. The zero-order chi connectivity index (χ0) is 22.1. The van der Waals surface area contributed by atoms with E-state index in [1.165, 1.54) is 0 Å². The van der Waals surface area contributed by atoms with Crippen LogP contribution in [0.1, 0.15) is 27.6 Å². The number of rotatable bonds is 6. The fourth-order valence-electron chi connectivity index (χ4n) is 4.12. The molecule has 0 N–H and O–H groups in total. The zero-order valence-corrected chi connectivity index (χ0v) is 17.5. The van der Waals surface area contributed by atoms with E-state index in [2.05, 4.69) is 4.57 Å². The highest BCUT2D eigenvalue weighted by Gasteiger charge is 2.24. The van der Waals surface area contributed by atoms with E-state index >= 15 is 0 Å². The second-order valence-corrected chi connectivity index (χ2v) is 7.42. The molecule has 6 heteroatoms. The van der Waals surface area contributed by atoms with Crippen LogP contribution in [0.3, 0.4) is 0 Å². The van der Waals surface area contributed by atoms with Crippen molar-refractivity contribution < 1.29 is 23.8 Å². The van der Waals surface area contributed by atoms with E-state index in [0.29, 0.717) is 29.2 Å². The third-order valence-corrected chi connectivity index (χ3v) is 5.56. The summed E-state index contributed by atoms with van der Waals surface area (Å²) in [4.78, 5) is 26.0. The van der Waals surface area contributed by atoms with Crippen LogP contribution in [0.2, 0.25) is 0 Å². The van der Waals surface area contributed by atoms with Gasteiger partial charge in [-0.1, -0.05) is 48.5 Å². The van der Waals surface area contributed by atoms with Crippen LogP contribution < -0.4 is 9.47 Å². The Hall–Kier alpha value is -4.06. The summed E-state index contributed by atoms with van der Waals surface area (Å²) in [6.07, 6.45) is 0. The Balaban J connectivity index is 1.47. The quantitative estimate of drug-likeness (QED) is 0.317. The lowest BCUT2D eigenvalue weighted by molar-refractivity contribution is 0.0475. The molecule has 0 unspecified atom stereocenters. The van der Waals surface area contributed by atoms with Gasteiger partial charge in [0.1, 0.15) is 0 Å². The number of hydrogen-bond donors (Lipinski definition) is 0. The van der Waals surface area contributed by atoms with Gasteiger partial charge in [-0.25, -0.2) is 4.79 Å². The van der Waals surface area contributed by atoms with Gasteiger partial charge in [-0.05, 0) is 36.8 Å². The number of aromatic nitrogens is 1. The van der Waals surface area contributed by atoms with Crippen molar-refractivity contribution in [2.24, 2.45) is 0 Å². The van der Waals surface area contributed by atoms with Crippen LogP contribution in [0.25, 0.3) is 22.2 Å². The lowest BCUT2D eigenvalue weighted by Crippen LogP contribution is -2.15. The fraction of sp³-hybridized carbons (Fsp3) is 0.154. The second-order valence-electron chi connectivity index (χ2n) is 7.42. The predicted octanol–water partition coefficient (Wildman–Crippen LogP) is 5.10. The first-order chi connectivity index (χ1) is 15.7. The van der Waals surface area contributed by atoms with E-state index in [1.54, 1.807) is 18.2 Å². The zero-order valence-electron chi connectivity index (χ0n) is 17.5. The maximum atomic E-state index is 13.4. The number of Topliss-reactive ketones (excluding diaryl/α,β-unsaturated/α-hetero) is 1. The summed E-state index contributed by atoms with van der Waals surface area (Å²) >= 11 is 0. The minimum Gasteiger partial charge on any atom is -0.454 e. The minimum atomic E-state index is -0.586. The Kier molecular flexibility index (Phi) is 5.11. The number of ketones is 1. The smallest absolute Gasteiger partial charge is 0.338 e. The van der Waals surface area contributed by atoms with E-state index in [-0.39, 0.29) is 19.2 Å². The summed E-state index contributed by atoms with van der Waals surface area (Å²) in [5.41, 5.74) is 3.61. The number of carbonyl (C=O) groups is 2. The van der Waals surface area contributed by atoms with Crippen molar-refractivity contribution >= 4 is 22.7 Å². The molecule has 160 valence electrons. The largest absolute Gasteiger partial charge is 0.454 e. The summed E-state index contributed by atoms with van der Waals surface area (Å²) < 4.78 is 18.1. The first-order valence-electron chi connectivity index (χ1n) is 10.4. The Labute approximate surface area is 184 Å².